The van der Waals surface area contributed by atoms with Crippen LogP contribution in [0.2, 0.25) is 0 Å². The van der Waals surface area contributed by atoms with Crippen LogP contribution in [-0.4, -0.2) is 26.6 Å². The molecule has 0 radical (unpaired) electrons. The van der Waals surface area contributed by atoms with Crippen LogP contribution in [0.3, 0.4) is 0 Å². The van der Waals surface area contributed by atoms with Crippen molar-refractivity contribution in [2.75, 3.05) is 15.9 Å². The van der Waals surface area contributed by atoms with Crippen molar-refractivity contribution >= 4 is 49.9 Å². The first-order chi connectivity index (χ1) is 12.1. The van der Waals surface area contributed by atoms with E-state index in [4.69, 9.17) is 0 Å². The Balaban J connectivity index is 2.38. The molecule has 0 aliphatic heterocycles. The Kier molecular flexibility index (Phi) is 6.68. The Morgan fingerprint density at radius 3 is 2.27 bits per heavy atom. The van der Waals surface area contributed by atoms with Crippen LogP contribution in [0.4, 0.5) is 11.4 Å². The van der Waals surface area contributed by atoms with Gasteiger partial charge in [0.25, 0.3) is 0 Å². The third kappa shape index (κ3) is 4.97. The number of rotatable bonds is 6. The van der Waals surface area contributed by atoms with Crippen molar-refractivity contribution in [3.63, 3.8) is 0 Å². The summed E-state index contributed by atoms with van der Waals surface area (Å²) < 4.78 is 27.1. The average Bonchev–Trinajstić information content (AvgIpc) is 2.55. The molecule has 1 atom stereocenters. The Hall–Kier alpha value is -1.61. The highest BCUT2D eigenvalue weighted by Crippen LogP contribution is 2.25. The number of benzene rings is 2. The number of sulfonamides is 1. The summed E-state index contributed by atoms with van der Waals surface area (Å²) in [6.45, 7) is 5.64. The van der Waals surface area contributed by atoms with Crippen molar-refractivity contribution in [3.8, 4) is 0 Å². The molecule has 0 saturated heterocycles. The Morgan fingerprint density at radius 1 is 1.15 bits per heavy atom. The summed E-state index contributed by atoms with van der Waals surface area (Å²) in [4.78, 5) is 12.9. The van der Waals surface area contributed by atoms with Gasteiger partial charge in [-0.25, -0.2) is 8.42 Å². The predicted octanol–water partition coefficient (Wildman–Crippen LogP) is 4.09. The second kappa shape index (κ2) is 8.39. The molecule has 0 heterocycles. The van der Waals surface area contributed by atoms with E-state index in [-0.39, 0.29) is 5.91 Å². The van der Waals surface area contributed by atoms with Crippen LogP contribution in [-0.2, 0) is 14.8 Å². The summed E-state index contributed by atoms with van der Waals surface area (Å²) in [5, 5.41) is 2.87. The summed E-state index contributed by atoms with van der Waals surface area (Å²) >= 11 is 2.21. The summed E-state index contributed by atoms with van der Waals surface area (Å²) in [6.07, 6.45) is 1.48. The minimum atomic E-state index is -3.62. The number of aryl methyl sites for hydroxylation is 2. The van der Waals surface area contributed by atoms with Crippen LogP contribution < -0.4 is 9.62 Å². The number of carbonyl (C=O) groups is 1. The SMILES string of the molecule is CCC(C(=O)Nc1ccc(I)cc1C)N(c1ccc(C)cc1)S(C)(=O)=O. The fourth-order valence-corrected chi connectivity index (χ4v) is 4.59. The molecule has 0 spiro atoms. The van der Waals surface area contributed by atoms with E-state index >= 15 is 0 Å². The zero-order valence-corrected chi connectivity index (χ0v) is 18.3. The minimum Gasteiger partial charge on any atom is -0.324 e. The molecule has 0 bridgehead atoms. The second-order valence-electron chi connectivity index (χ2n) is 6.27. The first kappa shape index (κ1) is 20.7. The zero-order chi connectivity index (χ0) is 19.5. The van der Waals surface area contributed by atoms with Gasteiger partial charge in [-0.3, -0.25) is 9.10 Å². The molecule has 0 fully saturated rings. The standard InChI is InChI=1S/C19H23IN2O3S/c1-5-18(19(23)21-17-11-8-15(20)12-14(17)3)22(26(4,24)25)16-9-6-13(2)7-10-16/h6-12,18H,5H2,1-4H3,(H,21,23). The number of hydrogen-bond acceptors (Lipinski definition) is 3. The minimum absolute atomic E-state index is 0.345. The van der Waals surface area contributed by atoms with Crippen molar-refractivity contribution in [1.82, 2.24) is 0 Å². The largest absolute Gasteiger partial charge is 0.324 e. The lowest BCUT2D eigenvalue weighted by atomic mass is 10.1. The van der Waals surface area contributed by atoms with Gasteiger partial charge in [-0.1, -0.05) is 24.6 Å². The van der Waals surface area contributed by atoms with Crippen LogP contribution in [0.1, 0.15) is 24.5 Å². The van der Waals surface area contributed by atoms with Crippen LogP contribution >= 0.6 is 22.6 Å². The Bertz CT molecular complexity index is 896. The molecule has 0 aromatic heterocycles. The van der Waals surface area contributed by atoms with Gasteiger partial charge in [0.1, 0.15) is 6.04 Å². The predicted molar refractivity (Wildman–Crippen MR) is 115 cm³/mol. The molecule has 0 saturated carbocycles. The van der Waals surface area contributed by atoms with Gasteiger partial charge in [0.2, 0.25) is 15.9 Å². The van der Waals surface area contributed by atoms with Gasteiger partial charge in [-0.15, -0.1) is 0 Å². The van der Waals surface area contributed by atoms with Crippen LogP contribution in [0, 0.1) is 17.4 Å². The lowest BCUT2D eigenvalue weighted by Crippen LogP contribution is -2.47. The lowest BCUT2D eigenvalue weighted by molar-refractivity contribution is -0.117. The molecule has 1 N–H and O–H groups in total. The summed E-state index contributed by atoms with van der Waals surface area (Å²) in [7, 11) is -3.62. The van der Waals surface area contributed by atoms with Gasteiger partial charge in [0.05, 0.1) is 11.9 Å². The molecule has 1 amide bonds. The van der Waals surface area contributed by atoms with E-state index in [9.17, 15) is 13.2 Å². The van der Waals surface area contributed by atoms with Gasteiger partial charge >= 0.3 is 0 Å². The molecular weight excluding hydrogens is 463 g/mol. The third-order valence-corrected chi connectivity index (χ3v) is 5.92. The maximum atomic E-state index is 12.9. The summed E-state index contributed by atoms with van der Waals surface area (Å²) in [5.41, 5.74) is 3.13. The number of anilines is 2. The summed E-state index contributed by atoms with van der Waals surface area (Å²) in [6, 6.07) is 12.0. The van der Waals surface area contributed by atoms with Crippen molar-refractivity contribution in [1.29, 1.82) is 0 Å². The quantitative estimate of drug-likeness (QED) is 0.626. The third-order valence-electron chi connectivity index (χ3n) is 4.06. The molecule has 140 valence electrons. The van der Waals surface area contributed by atoms with Gasteiger partial charge in [-0.2, -0.15) is 0 Å². The van der Waals surface area contributed by atoms with Crippen molar-refractivity contribution in [3.05, 3.63) is 57.2 Å². The number of carbonyl (C=O) groups excluding carboxylic acids is 1. The van der Waals surface area contributed by atoms with E-state index in [1.165, 1.54) is 4.31 Å². The topological polar surface area (TPSA) is 66.5 Å². The maximum absolute atomic E-state index is 12.9. The lowest BCUT2D eigenvalue weighted by Gasteiger charge is -2.30. The first-order valence-electron chi connectivity index (χ1n) is 8.26. The smallest absolute Gasteiger partial charge is 0.248 e. The number of nitrogens with zero attached hydrogens (tertiary/aromatic N) is 1. The molecule has 2 rings (SSSR count). The molecule has 2 aromatic rings. The van der Waals surface area contributed by atoms with E-state index in [0.717, 1.165) is 21.0 Å². The van der Waals surface area contributed by atoms with E-state index in [0.29, 0.717) is 17.8 Å². The van der Waals surface area contributed by atoms with E-state index in [1.54, 1.807) is 19.1 Å². The van der Waals surface area contributed by atoms with Crippen LogP contribution in [0.5, 0.6) is 0 Å². The fraction of sp³-hybridized carbons (Fsp3) is 0.316. The van der Waals surface area contributed by atoms with E-state index < -0.39 is 16.1 Å². The molecule has 0 aliphatic carbocycles. The molecule has 26 heavy (non-hydrogen) atoms. The number of halogens is 1. The molecule has 0 aliphatic rings. The Morgan fingerprint density at radius 2 is 1.77 bits per heavy atom. The fourth-order valence-electron chi connectivity index (χ4n) is 2.74. The second-order valence-corrected chi connectivity index (χ2v) is 9.37. The molecule has 7 heteroatoms. The van der Waals surface area contributed by atoms with Crippen LogP contribution in [0.25, 0.3) is 0 Å². The first-order valence-corrected chi connectivity index (χ1v) is 11.2. The van der Waals surface area contributed by atoms with Crippen molar-refractivity contribution in [2.24, 2.45) is 0 Å². The van der Waals surface area contributed by atoms with Crippen LogP contribution in [0.15, 0.2) is 42.5 Å². The number of amides is 1. The van der Waals surface area contributed by atoms with E-state index in [2.05, 4.69) is 27.9 Å². The monoisotopic (exact) mass is 486 g/mol. The molecule has 1 unspecified atom stereocenters. The van der Waals surface area contributed by atoms with Gasteiger partial charge in [0, 0.05) is 9.26 Å². The van der Waals surface area contributed by atoms with Crippen molar-refractivity contribution < 1.29 is 13.2 Å². The number of nitrogens with one attached hydrogen (secondary N) is 1. The Labute approximate surface area is 169 Å². The highest BCUT2D eigenvalue weighted by Gasteiger charge is 2.31. The van der Waals surface area contributed by atoms with Gasteiger partial charge in [0.15, 0.2) is 0 Å². The normalized spacial score (nSPS) is 12.5. The maximum Gasteiger partial charge on any atom is 0.248 e. The number of hydrogen-bond donors (Lipinski definition) is 1. The molecule has 2 aromatic carbocycles. The molecule has 5 nitrogen and oxygen atoms in total. The summed E-state index contributed by atoms with van der Waals surface area (Å²) in [5.74, 6) is -0.345. The van der Waals surface area contributed by atoms with Crippen molar-refractivity contribution in [2.45, 2.75) is 33.2 Å². The van der Waals surface area contributed by atoms with Gasteiger partial charge < -0.3 is 5.32 Å². The highest BCUT2D eigenvalue weighted by molar-refractivity contribution is 14.1. The van der Waals surface area contributed by atoms with E-state index in [1.807, 2.05) is 44.2 Å². The zero-order valence-electron chi connectivity index (χ0n) is 15.3. The van der Waals surface area contributed by atoms with Gasteiger partial charge in [-0.05, 0) is 78.8 Å². The highest BCUT2D eigenvalue weighted by atomic mass is 127. The average molecular weight is 486 g/mol. The molecular formula is C19H23IN2O3S.